The number of aromatic amines is 2. The number of halogens is 1. The van der Waals surface area contributed by atoms with Crippen molar-refractivity contribution in [2.24, 2.45) is 0 Å². The number of nitrogens with one attached hydrogen (secondary N) is 2. The highest BCUT2D eigenvalue weighted by Gasteiger charge is 2.31. The Kier molecular flexibility index (Phi) is 5.83. The van der Waals surface area contributed by atoms with Gasteiger partial charge in [0.1, 0.15) is 5.69 Å². The number of aryl methyl sites for hydroxylation is 1. The van der Waals surface area contributed by atoms with E-state index in [1.807, 2.05) is 25.1 Å². The van der Waals surface area contributed by atoms with Gasteiger partial charge in [-0.1, -0.05) is 13.0 Å². The topological polar surface area (TPSA) is 121 Å². The predicted molar refractivity (Wildman–Crippen MR) is 137 cm³/mol. The summed E-state index contributed by atoms with van der Waals surface area (Å²) in [5.41, 5.74) is 6.05. The van der Waals surface area contributed by atoms with E-state index in [1.165, 1.54) is 12.1 Å². The van der Waals surface area contributed by atoms with Crippen LogP contribution in [0.3, 0.4) is 0 Å². The number of H-pyrrole nitrogens is 2. The Morgan fingerprint density at radius 3 is 2.92 bits per heavy atom. The van der Waals surface area contributed by atoms with Crippen molar-refractivity contribution in [2.75, 3.05) is 19.6 Å². The molecule has 1 amide bonds. The number of amides is 1. The molecular weight excluding hydrogens is 475 g/mol. The normalized spacial score (nSPS) is 18.0. The SMILES string of the molecule is CCc1cc(O)c(F)cc1-c1ccc2c(-c3nc4c([nH]3)CN(CC3CCCN3C(=O)O)CC4)n[nH]c2c1. The number of carbonyl (C=O) groups is 1. The third-order valence-corrected chi connectivity index (χ3v) is 7.65. The van der Waals surface area contributed by atoms with Crippen LogP contribution in [0.15, 0.2) is 30.3 Å². The van der Waals surface area contributed by atoms with E-state index in [1.54, 1.807) is 4.90 Å². The lowest BCUT2D eigenvalue weighted by molar-refractivity contribution is 0.121. The lowest BCUT2D eigenvalue weighted by atomic mass is 9.96. The third-order valence-electron chi connectivity index (χ3n) is 7.65. The number of nitrogens with zero attached hydrogens (tertiary/aromatic N) is 4. The quantitative estimate of drug-likeness (QED) is 0.317. The monoisotopic (exact) mass is 504 g/mol. The maximum Gasteiger partial charge on any atom is 0.407 e. The summed E-state index contributed by atoms with van der Waals surface area (Å²) in [7, 11) is 0. The molecule has 0 bridgehead atoms. The number of likely N-dealkylation sites (tertiary alicyclic amines) is 1. The Morgan fingerprint density at radius 1 is 1.24 bits per heavy atom. The summed E-state index contributed by atoms with van der Waals surface area (Å²) in [6.45, 7) is 4.85. The van der Waals surface area contributed by atoms with Crippen LogP contribution in [0.2, 0.25) is 0 Å². The first-order valence-electron chi connectivity index (χ1n) is 12.7. The highest BCUT2D eigenvalue weighted by atomic mass is 19.1. The Balaban J connectivity index is 1.25. The van der Waals surface area contributed by atoms with E-state index < -0.39 is 11.9 Å². The molecule has 0 spiro atoms. The average molecular weight is 505 g/mol. The molecule has 1 unspecified atom stereocenters. The Hall–Kier alpha value is -3.92. The van der Waals surface area contributed by atoms with Gasteiger partial charge in [-0.05, 0) is 60.2 Å². The van der Waals surface area contributed by atoms with E-state index in [-0.39, 0.29) is 11.8 Å². The molecule has 0 radical (unpaired) electrons. The lowest BCUT2D eigenvalue weighted by Gasteiger charge is -2.31. The number of carboxylic acid groups (broad SMARTS) is 1. The van der Waals surface area contributed by atoms with Crippen molar-refractivity contribution in [1.82, 2.24) is 30.0 Å². The van der Waals surface area contributed by atoms with Gasteiger partial charge in [0.15, 0.2) is 17.4 Å². The molecule has 4 heterocycles. The van der Waals surface area contributed by atoms with Gasteiger partial charge in [0.05, 0.1) is 16.9 Å². The highest BCUT2D eigenvalue weighted by molar-refractivity contribution is 5.94. The molecule has 2 aromatic carbocycles. The number of hydrogen-bond donors (Lipinski definition) is 4. The summed E-state index contributed by atoms with van der Waals surface area (Å²) in [6.07, 6.45) is 2.45. The smallest absolute Gasteiger partial charge is 0.407 e. The zero-order valence-electron chi connectivity index (χ0n) is 20.6. The molecule has 2 aliphatic rings. The van der Waals surface area contributed by atoms with Crippen LogP contribution in [0.25, 0.3) is 33.5 Å². The van der Waals surface area contributed by atoms with Gasteiger partial charge in [0.2, 0.25) is 0 Å². The number of hydrogen-bond acceptors (Lipinski definition) is 5. The molecular formula is C27H29FN6O3. The number of aromatic hydroxyl groups is 1. The molecule has 0 saturated carbocycles. The maximum atomic E-state index is 14.1. The fraction of sp³-hybridized carbons (Fsp3) is 0.370. The van der Waals surface area contributed by atoms with Crippen molar-refractivity contribution < 1.29 is 19.4 Å². The van der Waals surface area contributed by atoms with E-state index in [2.05, 4.69) is 20.1 Å². The first-order chi connectivity index (χ1) is 17.9. The van der Waals surface area contributed by atoms with Crippen LogP contribution >= 0.6 is 0 Å². The number of phenols is 1. The van der Waals surface area contributed by atoms with Crippen LogP contribution < -0.4 is 0 Å². The van der Waals surface area contributed by atoms with Crippen LogP contribution in [0.1, 0.15) is 36.7 Å². The van der Waals surface area contributed by atoms with E-state index in [9.17, 15) is 19.4 Å². The molecule has 1 saturated heterocycles. The summed E-state index contributed by atoms with van der Waals surface area (Å²) in [6, 6.07) is 8.74. The van der Waals surface area contributed by atoms with Gasteiger partial charge in [-0.15, -0.1) is 0 Å². The van der Waals surface area contributed by atoms with Crippen LogP contribution in [0.5, 0.6) is 5.75 Å². The van der Waals surface area contributed by atoms with Crippen LogP contribution in [-0.4, -0.2) is 71.9 Å². The van der Waals surface area contributed by atoms with Crippen LogP contribution in [-0.2, 0) is 19.4 Å². The Labute approximate surface area is 212 Å². The van der Waals surface area contributed by atoms with Gasteiger partial charge in [-0.3, -0.25) is 10.00 Å². The molecule has 10 heteroatoms. The van der Waals surface area contributed by atoms with E-state index in [0.29, 0.717) is 25.3 Å². The second-order valence-electron chi connectivity index (χ2n) is 9.91. The largest absolute Gasteiger partial charge is 0.505 e. The highest BCUT2D eigenvalue weighted by Crippen LogP contribution is 2.34. The number of fused-ring (bicyclic) bond motifs is 2. The molecule has 4 N–H and O–H groups in total. The minimum absolute atomic E-state index is 0.0428. The molecule has 9 nitrogen and oxygen atoms in total. The summed E-state index contributed by atoms with van der Waals surface area (Å²) in [5, 5.41) is 27.7. The number of rotatable bonds is 5. The van der Waals surface area contributed by atoms with Crippen molar-refractivity contribution in [2.45, 2.75) is 45.2 Å². The molecule has 0 aliphatic carbocycles. The van der Waals surface area contributed by atoms with Crippen molar-refractivity contribution in [1.29, 1.82) is 0 Å². The molecule has 1 fully saturated rings. The van der Waals surface area contributed by atoms with Crippen LogP contribution in [0, 0.1) is 5.82 Å². The van der Waals surface area contributed by atoms with Gasteiger partial charge < -0.3 is 20.1 Å². The minimum Gasteiger partial charge on any atom is -0.505 e. The molecule has 4 aromatic rings. The number of phenolic OH excluding ortho intramolecular Hbond substituents is 1. The fourth-order valence-corrected chi connectivity index (χ4v) is 5.73. The van der Waals surface area contributed by atoms with Crippen molar-refractivity contribution in [3.05, 3.63) is 53.1 Å². The third kappa shape index (κ3) is 4.21. The summed E-state index contributed by atoms with van der Waals surface area (Å²) in [5.74, 6) is -0.284. The summed E-state index contributed by atoms with van der Waals surface area (Å²) < 4.78 is 14.1. The molecule has 6 rings (SSSR count). The zero-order chi connectivity index (χ0) is 25.7. The van der Waals surface area contributed by atoms with E-state index in [0.717, 1.165) is 77.0 Å². The fourth-order valence-electron chi connectivity index (χ4n) is 5.73. The van der Waals surface area contributed by atoms with Crippen molar-refractivity contribution in [3.63, 3.8) is 0 Å². The number of benzene rings is 2. The minimum atomic E-state index is -0.834. The predicted octanol–water partition coefficient (Wildman–Crippen LogP) is 4.53. The van der Waals surface area contributed by atoms with Gasteiger partial charge in [-0.2, -0.15) is 5.10 Å². The van der Waals surface area contributed by atoms with Gasteiger partial charge in [0.25, 0.3) is 0 Å². The van der Waals surface area contributed by atoms with Gasteiger partial charge in [-0.25, -0.2) is 14.2 Å². The summed E-state index contributed by atoms with van der Waals surface area (Å²) in [4.78, 5) is 23.7. The van der Waals surface area contributed by atoms with Crippen molar-refractivity contribution >= 4 is 17.0 Å². The van der Waals surface area contributed by atoms with E-state index >= 15 is 0 Å². The average Bonchev–Trinajstić information content (AvgIpc) is 3.62. The molecule has 192 valence electrons. The van der Waals surface area contributed by atoms with Crippen LogP contribution in [0.4, 0.5) is 9.18 Å². The van der Waals surface area contributed by atoms with Gasteiger partial charge >= 0.3 is 6.09 Å². The summed E-state index contributed by atoms with van der Waals surface area (Å²) >= 11 is 0. The lowest BCUT2D eigenvalue weighted by Crippen LogP contribution is -2.44. The van der Waals surface area contributed by atoms with Gasteiger partial charge in [0, 0.05) is 44.0 Å². The second-order valence-corrected chi connectivity index (χ2v) is 9.91. The number of imidazole rings is 1. The Morgan fingerprint density at radius 2 is 2.11 bits per heavy atom. The standard InChI is InChI=1S/C27H29FN6O3/c1-2-15-11-24(35)20(28)12-19(15)16-5-6-18-22(10-16)31-32-25(18)26-29-21-7-9-33(14-23(21)30-26)13-17-4-3-8-34(17)27(36)37/h5-6,10-12,17,35H,2-4,7-9,13-14H2,1H3,(H,29,30)(H,31,32)(H,36,37). The Bertz CT molecular complexity index is 1500. The number of aromatic nitrogens is 4. The zero-order valence-corrected chi connectivity index (χ0v) is 20.6. The molecule has 2 aromatic heterocycles. The second kappa shape index (κ2) is 9.19. The maximum absolute atomic E-state index is 14.1. The first kappa shape index (κ1) is 23.5. The first-order valence-corrected chi connectivity index (χ1v) is 12.7. The van der Waals surface area contributed by atoms with Crippen molar-refractivity contribution in [3.8, 4) is 28.4 Å². The van der Waals surface area contributed by atoms with E-state index in [4.69, 9.17) is 4.98 Å². The molecule has 1 atom stereocenters. The molecule has 37 heavy (non-hydrogen) atoms. The molecule has 2 aliphatic heterocycles.